The molecule has 15 heavy (non-hydrogen) atoms. The molecule has 2 rings (SSSR count). The number of nitrogens with two attached hydrogens (primary N) is 1. The number of hydrogen-bond acceptors (Lipinski definition) is 2. The standard InChI is InChI=1S/C11H15F2NS/c1-8-2-3-9(15-8)10(14)4-6-11(12,13)7-5-10/h2-3H,4-7,14H2,1H3. The molecule has 2 N–H and O–H groups in total. The fraction of sp³-hybridized carbons (Fsp3) is 0.636. The van der Waals surface area contributed by atoms with Gasteiger partial charge in [0.2, 0.25) is 5.92 Å². The summed E-state index contributed by atoms with van der Waals surface area (Å²) in [5.41, 5.74) is 5.68. The van der Waals surface area contributed by atoms with Crippen molar-refractivity contribution >= 4 is 11.3 Å². The summed E-state index contributed by atoms with van der Waals surface area (Å²) in [4.78, 5) is 2.24. The molecule has 0 radical (unpaired) electrons. The maximum atomic E-state index is 13.0. The van der Waals surface area contributed by atoms with Gasteiger partial charge in [-0.3, -0.25) is 0 Å². The van der Waals surface area contributed by atoms with Crippen molar-refractivity contribution in [3.8, 4) is 0 Å². The van der Waals surface area contributed by atoms with E-state index in [1.807, 2.05) is 19.1 Å². The maximum Gasteiger partial charge on any atom is 0.248 e. The van der Waals surface area contributed by atoms with Crippen LogP contribution in [0.3, 0.4) is 0 Å². The van der Waals surface area contributed by atoms with Crippen LogP contribution in [0.1, 0.15) is 35.4 Å². The van der Waals surface area contributed by atoms with E-state index in [0.29, 0.717) is 12.8 Å². The highest BCUT2D eigenvalue weighted by Crippen LogP contribution is 2.43. The Morgan fingerprint density at radius 2 is 1.80 bits per heavy atom. The first-order valence-corrected chi connectivity index (χ1v) is 5.97. The van der Waals surface area contributed by atoms with E-state index in [2.05, 4.69) is 0 Å². The number of aryl methyl sites for hydroxylation is 1. The van der Waals surface area contributed by atoms with E-state index in [4.69, 9.17) is 5.73 Å². The SMILES string of the molecule is Cc1ccc(C2(N)CCC(F)(F)CC2)s1. The fourth-order valence-corrected chi connectivity index (χ4v) is 3.04. The monoisotopic (exact) mass is 231 g/mol. The smallest absolute Gasteiger partial charge is 0.248 e. The molecular weight excluding hydrogens is 216 g/mol. The average molecular weight is 231 g/mol. The van der Waals surface area contributed by atoms with Crippen molar-refractivity contribution in [2.24, 2.45) is 5.73 Å². The third-order valence-electron chi connectivity index (χ3n) is 3.10. The summed E-state index contributed by atoms with van der Waals surface area (Å²) < 4.78 is 26.0. The minimum absolute atomic E-state index is 0.0829. The number of rotatable bonds is 1. The molecule has 1 aromatic rings. The van der Waals surface area contributed by atoms with Gasteiger partial charge >= 0.3 is 0 Å². The molecule has 0 saturated heterocycles. The van der Waals surface area contributed by atoms with Gasteiger partial charge in [-0.1, -0.05) is 0 Å². The Bertz CT molecular complexity index is 349. The largest absolute Gasteiger partial charge is 0.321 e. The number of hydrogen-bond donors (Lipinski definition) is 1. The molecule has 1 aliphatic carbocycles. The summed E-state index contributed by atoms with van der Waals surface area (Å²) in [5, 5.41) is 0. The highest BCUT2D eigenvalue weighted by Gasteiger charge is 2.42. The van der Waals surface area contributed by atoms with Crippen LogP contribution in [0.4, 0.5) is 8.78 Å². The van der Waals surface area contributed by atoms with Crippen LogP contribution in [0.5, 0.6) is 0 Å². The Hall–Kier alpha value is -0.480. The van der Waals surface area contributed by atoms with Crippen molar-refractivity contribution in [1.29, 1.82) is 0 Å². The van der Waals surface area contributed by atoms with Crippen LogP contribution >= 0.6 is 11.3 Å². The van der Waals surface area contributed by atoms with Gasteiger partial charge < -0.3 is 5.73 Å². The summed E-state index contributed by atoms with van der Waals surface area (Å²) >= 11 is 1.62. The third kappa shape index (κ3) is 2.21. The number of alkyl halides is 2. The Morgan fingerprint density at radius 1 is 1.20 bits per heavy atom. The predicted molar refractivity (Wildman–Crippen MR) is 58.3 cm³/mol. The Balaban J connectivity index is 2.16. The fourth-order valence-electron chi connectivity index (χ4n) is 2.01. The van der Waals surface area contributed by atoms with Gasteiger partial charge in [-0.2, -0.15) is 0 Å². The molecule has 1 aliphatic rings. The molecule has 84 valence electrons. The van der Waals surface area contributed by atoms with E-state index in [9.17, 15) is 8.78 Å². The zero-order valence-corrected chi connectivity index (χ0v) is 9.54. The predicted octanol–water partition coefficient (Wildman–Crippen LogP) is 3.42. The molecule has 1 fully saturated rings. The van der Waals surface area contributed by atoms with Gasteiger partial charge in [-0.05, 0) is 31.9 Å². The molecular formula is C11H15F2NS. The summed E-state index contributed by atoms with van der Waals surface area (Å²) in [6.45, 7) is 2.01. The average Bonchev–Trinajstić information content (AvgIpc) is 2.59. The summed E-state index contributed by atoms with van der Waals surface area (Å²) in [5.74, 6) is -2.50. The Morgan fingerprint density at radius 3 is 2.27 bits per heavy atom. The van der Waals surface area contributed by atoms with E-state index in [1.165, 1.54) is 4.88 Å². The van der Waals surface area contributed by atoms with Crippen LogP contribution in [0.25, 0.3) is 0 Å². The molecule has 1 saturated carbocycles. The van der Waals surface area contributed by atoms with E-state index >= 15 is 0 Å². The maximum absolute atomic E-state index is 13.0. The van der Waals surface area contributed by atoms with Gasteiger partial charge in [-0.15, -0.1) is 11.3 Å². The number of thiophene rings is 1. The van der Waals surface area contributed by atoms with Crippen molar-refractivity contribution in [2.75, 3.05) is 0 Å². The molecule has 4 heteroatoms. The zero-order valence-electron chi connectivity index (χ0n) is 8.72. The molecule has 0 aliphatic heterocycles. The van der Waals surface area contributed by atoms with Gasteiger partial charge in [0.1, 0.15) is 0 Å². The minimum Gasteiger partial charge on any atom is -0.321 e. The second-order valence-electron chi connectivity index (χ2n) is 4.42. The van der Waals surface area contributed by atoms with E-state index in [0.717, 1.165) is 4.88 Å². The first kappa shape index (κ1) is 11.0. The third-order valence-corrected chi connectivity index (χ3v) is 4.33. The van der Waals surface area contributed by atoms with Crippen molar-refractivity contribution in [2.45, 2.75) is 44.1 Å². The van der Waals surface area contributed by atoms with Gasteiger partial charge in [0.25, 0.3) is 0 Å². The lowest BCUT2D eigenvalue weighted by Gasteiger charge is -2.36. The van der Waals surface area contributed by atoms with Crippen LogP contribution in [-0.4, -0.2) is 5.92 Å². The van der Waals surface area contributed by atoms with Crippen molar-refractivity contribution in [3.05, 3.63) is 21.9 Å². The van der Waals surface area contributed by atoms with Gasteiger partial charge in [0.05, 0.1) is 5.54 Å². The summed E-state index contributed by atoms with van der Waals surface area (Å²) in [7, 11) is 0. The summed E-state index contributed by atoms with van der Waals surface area (Å²) in [6.07, 6.45) is 0.612. The normalized spacial score (nSPS) is 24.0. The summed E-state index contributed by atoms with van der Waals surface area (Å²) in [6, 6.07) is 3.98. The second-order valence-corrected chi connectivity index (χ2v) is 5.71. The second kappa shape index (κ2) is 3.52. The first-order chi connectivity index (χ1) is 6.91. The van der Waals surface area contributed by atoms with Crippen LogP contribution in [0, 0.1) is 6.92 Å². The molecule has 1 aromatic heterocycles. The van der Waals surface area contributed by atoms with Gasteiger partial charge in [-0.25, -0.2) is 8.78 Å². The molecule has 1 nitrogen and oxygen atoms in total. The Kier molecular flexibility index (Phi) is 2.59. The highest BCUT2D eigenvalue weighted by atomic mass is 32.1. The van der Waals surface area contributed by atoms with Gasteiger partial charge in [0.15, 0.2) is 0 Å². The van der Waals surface area contributed by atoms with Crippen molar-refractivity contribution in [1.82, 2.24) is 0 Å². The van der Waals surface area contributed by atoms with Crippen LogP contribution < -0.4 is 5.73 Å². The highest BCUT2D eigenvalue weighted by molar-refractivity contribution is 7.12. The molecule has 0 unspecified atom stereocenters. The topological polar surface area (TPSA) is 26.0 Å². The lowest BCUT2D eigenvalue weighted by molar-refractivity contribution is -0.0509. The zero-order chi connectivity index (χ0) is 11.1. The van der Waals surface area contributed by atoms with Gasteiger partial charge in [0, 0.05) is 22.6 Å². The number of halogens is 2. The van der Waals surface area contributed by atoms with Crippen molar-refractivity contribution in [3.63, 3.8) is 0 Å². The van der Waals surface area contributed by atoms with E-state index in [-0.39, 0.29) is 12.8 Å². The van der Waals surface area contributed by atoms with E-state index in [1.54, 1.807) is 11.3 Å². The van der Waals surface area contributed by atoms with Crippen molar-refractivity contribution < 1.29 is 8.78 Å². The van der Waals surface area contributed by atoms with E-state index < -0.39 is 11.5 Å². The molecule has 0 amide bonds. The lowest BCUT2D eigenvalue weighted by atomic mass is 9.80. The lowest BCUT2D eigenvalue weighted by Crippen LogP contribution is -2.42. The minimum atomic E-state index is -2.50. The molecule has 0 aromatic carbocycles. The Labute approximate surface area is 92.3 Å². The van der Waals surface area contributed by atoms with Crippen LogP contribution in [0.15, 0.2) is 12.1 Å². The van der Waals surface area contributed by atoms with Crippen LogP contribution in [-0.2, 0) is 5.54 Å². The molecule has 0 atom stereocenters. The quantitative estimate of drug-likeness (QED) is 0.787. The molecule has 0 bridgehead atoms. The molecule has 0 spiro atoms. The molecule has 1 heterocycles. The first-order valence-electron chi connectivity index (χ1n) is 5.15. The van der Waals surface area contributed by atoms with Crippen LogP contribution in [0.2, 0.25) is 0 Å².